The summed E-state index contributed by atoms with van der Waals surface area (Å²) in [5.74, 6) is 0.555. The van der Waals surface area contributed by atoms with Crippen molar-refractivity contribution in [2.24, 2.45) is 0 Å². The fourth-order valence-electron chi connectivity index (χ4n) is 2.29. The number of halogens is 2. The van der Waals surface area contributed by atoms with Gasteiger partial charge < -0.3 is 15.4 Å². The quantitative estimate of drug-likeness (QED) is 0.686. The molecule has 2 heterocycles. The normalized spacial score (nSPS) is 11.9. The van der Waals surface area contributed by atoms with E-state index in [-0.39, 0.29) is 11.4 Å². The molecule has 0 saturated heterocycles. The highest BCUT2D eigenvalue weighted by Gasteiger charge is 2.19. The van der Waals surface area contributed by atoms with Crippen molar-refractivity contribution in [3.8, 4) is 11.7 Å². The second kappa shape index (κ2) is 8.17. The zero-order valence-corrected chi connectivity index (χ0v) is 14.1. The number of para-hydroxylation sites is 2. The zero-order valence-electron chi connectivity index (χ0n) is 14.1. The molecule has 0 aliphatic rings. The second-order valence-electron chi connectivity index (χ2n) is 5.27. The molecule has 3 rings (SSSR count). The Hall–Kier alpha value is -3.63. The number of carbonyl (C=O) groups excluding carboxylic acids is 1. The zero-order chi connectivity index (χ0) is 19.2. The molecule has 9 nitrogen and oxygen atoms in total. The van der Waals surface area contributed by atoms with Gasteiger partial charge in [-0.3, -0.25) is 0 Å². The molecule has 0 radical (unpaired) electrons. The lowest BCUT2D eigenvalue weighted by atomic mass is 10.3. The summed E-state index contributed by atoms with van der Waals surface area (Å²) < 4.78 is 30.7. The lowest BCUT2D eigenvalue weighted by molar-refractivity contribution is -0.0493. The van der Waals surface area contributed by atoms with Gasteiger partial charge in [0.05, 0.1) is 11.7 Å². The van der Waals surface area contributed by atoms with E-state index in [2.05, 4.69) is 35.4 Å². The number of nitrogens with zero attached hydrogens (tertiary/aromatic N) is 5. The Bertz CT molecular complexity index is 905. The van der Waals surface area contributed by atoms with Crippen LogP contribution in [-0.2, 0) is 0 Å². The number of alkyl halides is 2. The van der Waals surface area contributed by atoms with Crippen molar-refractivity contribution in [3.05, 3.63) is 54.9 Å². The number of aromatic nitrogens is 5. The molecule has 0 spiro atoms. The number of hydrogen-bond acceptors (Lipinski definition) is 6. The van der Waals surface area contributed by atoms with Gasteiger partial charge in [-0.05, 0) is 25.1 Å². The van der Waals surface area contributed by atoms with E-state index >= 15 is 0 Å². The first-order valence-corrected chi connectivity index (χ1v) is 7.83. The van der Waals surface area contributed by atoms with Crippen LogP contribution in [0.1, 0.15) is 18.8 Å². The van der Waals surface area contributed by atoms with E-state index in [4.69, 9.17) is 0 Å². The highest BCUT2D eigenvalue weighted by molar-refractivity contribution is 5.91. The maximum absolute atomic E-state index is 12.5. The molecule has 2 N–H and O–H groups in total. The molecular weight excluding hydrogens is 360 g/mol. The third-order valence-corrected chi connectivity index (χ3v) is 3.40. The summed E-state index contributed by atoms with van der Waals surface area (Å²) in [5.41, 5.74) is 0.107. The van der Waals surface area contributed by atoms with E-state index in [0.717, 1.165) is 0 Å². The minimum Gasteiger partial charge on any atom is -0.433 e. The van der Waals surface area contributed by atoms with Crippen LogP contribution in [0.2, 0.25) is 0 Å². The Balaban J connectivity index is 1.70. The maximum Gasteiger partial charge on any atom is 0.387 e. The predicted molar refractivity (Wildman–Crippen MR) is 90.6 cm³/mol. The van der Waals surface area contributed by atoms with Gasteiger partial charge in [-0.2, -0.15) is 18.6 Å². The van der Waals surface area contributed by atoms with Crippen LogP contribution < -0.4 is 15.4 Å². The van der Waals surface area contributed by atoms with Crippen LogP contribution in [0.5, 0.6) is 5.75 Å². The van der Waals surface area contributed by atoms with E-state index < -0.39 is 18.7 Å². The average molecular weight is 375 g/mol. The predicted octanol–water partition coefficient (Wildman–Crippen LogP) is 2.54. The van der Waals surface area contributed by atoms with Gasteiger partial charge in [-0.25, -0.2) is 19.7 Å². The number of anilines is 1. The van der Waals surface area contributed by atoms with Crippen molar-refractivity contribution in [1.29, 1.82) is 0 Å². The van der Waals surface area contributed by atoms with Gasteiger partial charge in [0.1, 0.15) is 12.1 Å². The van der Waals surface area contributed by atoms with Crippen LogP contribution in [-0.4, -0.2) is 37.4 Å². The molecule has 0 unspecified atom stereocenters. The fraction of sp³-hybridized carbons (Fsp3) is 0.188. The summed E-state index contributed by atoms with van der Waals surface area (Å²) in [6.07, 6.45) is 4.42. The average Bonchev–Trinajstić information content (AvgIpc) is 3.13. The lowest BCUT2D eigenvalue weighted by Crippen LogP contribution is -2.33. The monoisotopic (exact) mass is 375 g/mol. The van der Waals surface area contributed by atoms with Crippen molar-refractivity contribution < 1.29 is 18.3 Å². The first kappa shape index (κ1) is 18.2. The largest absolute Gasteiger partial charge is 0.433 e. The number of hydrogen-bond donors (Lipinski definition) is 2. The first-order chi connectivity index (χ1) is 13.0. The smallest absolute Gasteiger partial charge is 0.387 e. The molecule has 0 fully saturated rings. The van der Waals surface area contributed by atoms with Crippen molar-refractivity contribution in [3.63, 3.8) is 0 Å². The molecule has 2 aromatic heterocycles. The topological polar surface area (TPSA) is 107 Å². The summed E-state index contributed by atoms with van der Waals surface area (Å²) in [5, 5.41) is 9.17. The van der Waals surface area contributed by atoms with E-state index in [9.17, 15) is 13.6 Å². The minimum atomic E-state index is -3.00. The van der Waals surface area contributed by atoms with Crippen LogP contribution >= 0.6 is 0 Å². The van der Waals surface area contributed by atoms with Crippen molar-refractivity contribution in [2.75, 3.05) is 5.32 Å². The molecular formula is C16H15F2N7O2. The molecule has 0 saturated carbocycles. The molecule has 0 aliphatic heterocycles. The number of carbonyl (C=O) groups is 1. The summed E-state index contributed by atoms with van der Waals surface area (Å²) in [6.45, 7) is -1.32. The Morgan fingerprint density at radius 3 is 2.63 bits per heavy atom. The Kier molecular flexibility index (Phi) is 5.50. The van der Waals surface area contributed by atoms with E-state index in [0.29, 0.717) is 11.8 Å². The third kappa shape index (κ3) is 4.51. The molecule has 0 bridgehead atoms. The number of nitrogens with one attached hydrogen (secondary N) is 2. The molecule has 27 heavy (non-hydrogen) atoms. The van der Waals surface area contributed by atoms with Crippen LogP contribution in [0.4, 0.5) is 19.3 Å². The molecule has 1 atom stereocenters. The Labute approximate surface area is 152 Å². The summed E-state index contributed by atoms with van der Waals surface area (Å²) >= 11 is 0. The Morgan fingerprint density at radius 1 is 1.15 bits per heavy atom. The maximum atomic E-state index is 12.5. The van der Waals surface area contributed by atoms with Crippen molar-refractivity contribution >= 4 is 11.7 Å². The number of rotatable bonds is 6. The Morgan fingerprint density at radius 2 is 1.89 bits per heavy atom. The standard InChI is InChI=1S/C16H15F2N7O2/c1-10(13-21-9-22-25(13)15-19-7-4-8-20-15)23-16(26)24-11-5-2-3-6-12(11)27-14(17)18/h2-10,14H,1H3,(H2,23,24,26)/t10-/m0/s1. The summed E-state index contributed by atoms with van der Waals surface area (Å²) in [7, 11) is 0. The molecule has 0 aliphatic carbocycles. The fourth-order valence-corrected chi connectivity index (χ4v) is 2.29. The molecule has 3 aromatic rings. The van der Waals surface area contributed by atoms with Gasteiger partial charge in [-0.1, -0.05) is 12.1 Å². The number of ether oxygens (including phenoxy) is 1. The molecule has 11 heteroatoms. The number of urea groups is 1. The second-order valence-corrected chi connectivity index (χ2v) is 5.27. The van der Waals surface area contributed by atoms with Crippen LogP contribution in [0.15, 0.2) is 49.1 Å². The van der Waals surface area contributed by atoms with E-state index in [1.807, 2.05) is 0 Å². The van der Waals surface area contributed by atoms with Crippen molar-refractivity contribution in [1.82, 2.24) is 30.0 Å². The van der Waals surface area contributed by atoms with Crippen LogP contribution in [0.3, 0.4) is 0 Å². The molecule has 140 valence electrons. The van der Waals surface area contributed by atoms with Gasteiger partial charge in [0, 0.05) is 12.4 Å². The summed E-state index contributed by atoms with van der Waals surface area (Å²) in [6, 6.07) is 6.34. The highest BCUT2D eigenvalue weighted by Crippen LogP contribution is 2.25. The summed E-state index contributed by atoms with van der Waals surface area (Å²) in [4.78, 5) is 24.5. The van der Waals surface area contributed by atoms with Crippen LogP contribution in [0.25, 0.3) is 5.95 Å². The van der Waals surface area contributed by atoms with E-state index in [1.54, 1.807) is 31.5 Å². The SMILES string of the molecule is C[C@H](NC(=O)Nc1ccccc1OC(F)F)c1ncnn1-c1ncccn1. The molecule has 1 aromatic carbocycles. The minimum absolute atomic E-state index is 0.107. The van der Waals surface area contributed by atoms with Crippen molar-refractivity contribution in [2.45, 2.75) is 19.6 Å². The number of amides is 2. The highest BCUT2D eigenvalue weighted by atomic mass is 19.3. The first-order valence-electron chi connectivity index (χ1n) is 7.83. The van der Waals surface area contributed by atoms with Gasteiger partial charge in [0.2, 0.25) is 0 Å². The van der Waals surface area contributed by atoms with Gasteiger partial charge in [0.25, 0.3) is 5.95 Å². The number of benzene rings is 1. The molecule has 2 amide bonds. The van der Waals surface area contributed by atoms with Crippen LogP contribution in [0, 0.1) is 0 Å². The van der Waals surface area contributed by atoms with Gasteiger partial charge >= 0.3 is 12.6 Å². The van der Waals surface area contributed by atoms with Gasteiger partial charge in [0.15, 0.2) is 5.82 Å². The third-order valence-electron chi connectivity index (χ3n) is 3.40. The van der Waals surface area contributed by atoms with E-state index in [1.165, 1.54) is 29.2 Å². The van der Waals surface area contributed by atoms with Gasteiger partial charge in [-0.15, -0.1) is 0 Å². The lowest BCUT2D eigenvalue weighted by Gasteiger charge is -2.16.